The van der Waals surface area contributed by atoms with E-state index >= 15 is 0 Å². The first-order valence-corrected chi connectivity index (χ1v) is 7.37. The zero-order valence-corrected chi connectivity index (χ0v) is 11.6. The summed E-state index contributed by atoms with van der Waals surface area (Å²) in [5.74, 6) is 1.19. The van der Waals surface area contributed by atoms with Gasteiger partial charge in [-0.25, -0.2) is 0 Å². The van der Waals surface area contributed by atoms with Crippen LogP contribution >= 0.6 is 11.6 Å². The minimum atomic E-state index is -0.460. The van der Waals surface area contributed by atoms with Gasteiger partial charge >= 0.3 is 0 Å². The Morgan fingerprint density at radius 3 is 3.00 bits per heavy atom. The third kappa shape index (κ3) is 2.57. The van der Waals surface area contributed by atoms with Crippen LogP contribution in [0.1, 0.15) is 18.0 Å². The monoisotopic (exact) mass is 282 g/mol. The number of likely N-dealkylation sites (tertiary alicyclic amines) is 1. The van der Waals surface area contributed by atoms with Gasteiger partial charge in [0, 0.05) is 49.7 Å². The molecule has 3 heterocycles. The Morgan fingerprint density at radius 1 is 1.37 bits per heavy atom. The highest BCUT2D eigenvalue weighted by molar-refractivity contribution is 6.18. The molecule has 0 radical (unpaired) electrons. The highest BCUT2D eigenvalue weighted by Crippen LogP contribution is 2.34. The summed E-state index contributed by atoms with van der Waals surface area (Å²) in [5.41, 5.74) is 1.26. The number of β-amino-alcohol motifs (C(OH)–C–C–N with tert-alkyl or cyclic N) is 1. The first-order valence-electron chi connectivity index (χ1n) is 6.83. The number of aliphatic hydroxyl groups excluding tert-OH is 1. The van der Waals surface area contributed by atoms with Gasteiger partial charge in [-0.15, -0.1) is 11.6 Å². The molecule has 3 rings (SSSR count). The van der Waals surface area contributed by atoms with Gasteiger partial charge in [0.25, 0.3) is 5.56 Å². The number of rotatable bonds is 3. The normalized spacial score (nSPS) is 27.9. The molecule has 5 heteroatoms. The number of piperidine rings is 1. The number of aromatic nitrogens is 1. The first kappa shape index (κ1) is 13.2. The molecule has 0 aromatic carbocycles. The maximum Gasteiger partial charge on any atom is 0.250 e. The predicted molar refractivity (Wildman–Crippen MR) is 74.7 cm³/mol. The van der Waals surface area contributed by atoms with E-state index in [4.69, 9.17) is 11.6 Å². The molecule has 0 amide bonds. The van der Waals surface area contributed by atoms with E-state index < -0.39 is 6.10 Å². The zero-order chi connectivity index (χ0) is 13.4. The lowest BCUT2D eigenvalue weighted by molar-refractivity contribution is 0.0712. The van der Waals surface area contributed by atoms with Crippen molar-refractivity contribution in [1.82, 2.24) is 9.47 Å². The summed E-state index contributed by atoms with van der Waals surface area (Å²) >= 11 is 5.67. The van der Waals surface area contributed by atoms with Crippen LogP contribution in [-0.2, 0) is 6.54 Å². The number of fused-ring (bicyclic) bond motifs is 4. The number of aliphatic hydroxyl groups is 1. The number of hydrogen-bond donors (Lipinski definition) is 1. The Bertz CT molecular complexity index is 516. The Balaban J connectivity index is 1.82. The van der Waals surface area contributed by atoms with E-state index in [2.05, 4.69) is 11.0 Å². The molecule has 1 fully saturated rings. The van der Waals surface area contributed by atoms with Crippen LogP contribution in [-0.4, -0.2) is 46.2 Å². The predicted octanol–water partition coefficient (Wildman–Crippen LogP) is 0.867. The molecule has 3 atom stereocenters. The summed E-state index contributed by atoms with van der Waals surface area (Å²) < 4.78 is 1.92. The summed E-state index contributed by atoms with van der Waals surface area (Å²) in [5, 5.41) is 9.68. The molecule has 0 saturated carbocycles. The Hall–Kier alpha value is -0.840. The van der Waals surface area contributed by atoms with Crippen molar-refractivity contribution in [2.45, 2.75) is 25.0 Å². The van der Waals surface area contributed by atoms with Crippen molar-refractivity contribution in [1.29, 1.82) is 0 Å². The number of halogens is 1. The molecule has 1 N–H and O–H groups in total. The second-order valence-electron chi connectivity index (χ2n) is 5.72. The van der Waals surface area contributed by atoms with Crippen LogP contribution in [0.25, 0.3) is 0 Å². The fraction of sp³-hybridized carbons (Fsp3) is 0.643. The van der Waals surface area contributed by atoms with Gasteiger partial charge in [-0.1, -0.05) is 6.07 Å². The number of alkyl halides is 1. The minimum Gasteiger partial charge on any atom is -0.391 e. The molecular weight excluding hydrogens is 264 g/mol. The van der Waals surface area contributed by atoms with Crippen LogP contribution in [0.4, 0.5) is 0 Å². The van der Waals surface area contributed by atoms with E-state index in [9.17, 15) is 9.90 Å². The Labute approximate surface area is 117 Å². The molecule has 104 valence electrons. The van der Waals surface area contributed by atoms with Gasteiger partial charge in [-0.05, 0) is 18.4 Å². The third-order valence-corrected chi connectivity index (χ3v) is 4.56. The number of pyridine rings is 1. The second kappa shape index (κ2) is 5.27. The smallest absolute Gasteiger partial charge is 0.250 e. The lowest BCUT2D eigenvalue weighted by Gasteiger charge is -2.43. The molecule has 1 aromatic heterocycles. The van der Waals surface area contributed by atoms with E-state index in [1.54, 1.807) is 6.07 Å². The summed E-state index contributed by atoms with van der Waals surface area (Å²) in [6, 6.07) is 5.55. The van der Waals surface area contributed by atoms with Gasteiger partial charge in [0.2, 0.25) is 0 Å². The van der Waals surface area contributed by atoms with Gasteiger partial charge in [0.15, 0.2) is 0 Å². The number of nitrogens with zero attached hydrogens (tertiary/aromatic N) is 2. The van der Waals surface area contributed by atoms with E-state index in [-0.39, 0.29) is 11.4 Å². The standard InChI is InChI=1S/C14H19ClN2O2/c15-5-12(18)9-16-6-10-4-11(8-16)13-2-1-3-14(19)17(13)7-10/h1-3,10-12,18H,4-9H2/t10-,11+,12+/m0/s1. The summed E-state index contributed by atoms with van der Waals surface area (Å²) in [6.45, 7) is 3.30. The molecule has 4 nitrogen and oxygen atoms in total. The average molecular weight is 283 g/mol. The van der Waals surface area contributed by atoms with Crippen LogP contribution in [0, 0.1) is 5.92 Å². The lowest BCUT2D eigenvalue weighted by Crippen LogP contribution is -2.49. The quantitative estimate of drug-likeness (QED) is 0.837. The fourth-order valence-corrected chi connectivity index (χ4v) is 3.59. The molecule has 2 bridgehead atoms. The largest absolute Gasteiger partial charge is 0.391 e. The van der Waals surface area contributed by atoms with Crippen molar-refractivity contribution in [2.75, 3.05) is 25.5 Å². The van der Waals surface area contributed by atoms with Crippen LogP contribution in [0.5, 0.6) is 0 Å². The SMILES string of the molecule is O=c1cccc2n1C[C@H]1C[C@@H]2CN(C[C@H](O)CCl)C1. The highest BCUT2D eigenvalue weighted by atomic mass is 35.5. The van der Waals surface area contributed by atoms with Crippen molar-refractivity contribution in [3.05, 3.63) is 34.2 Å². The minimum absolute atomic E-state index is 0.112. The maximum atomic E-state index is 11.9. The Kier molecular flexibility index (Phi) is 3.65. The van der Waals surface area contributed by atoms with E-state index in [0.717, 1.165) is 31.7 Å². The van der Waals surface area contributed by atoms with E-state index in [1.807, 2.05) is 10.6 Å². The van der Waals surface area contributed by atoms with Crippen molar-refractivity contribution >= 4 is 11.6 Å². The summed E-state index contributed by atoms with van der Waals surface area (Å²) in [6.07, 6.45) is 0.690. The number of hydrogen-bond acceptors (Lipinski definition) is 3. The fourth-order valence-electron chi connectivity index (χ4n) is 3.49. The molecule has 19 heavy (non-hydrogen) atoms. The molecule has 0 unspecified atom stereocenters. The summed E-state index contributed by atoms with van der Waals surface area (Å²) in [7, 11) is 0. The average Bonchev–Trinajstić information content (AvgIpc) is 2.40. The van der Waals surface area contributed by atoms with Gasteiger partial charge in [-0.3, -0.25) is 9.69 Å². The van der Waals surface area contributed by atoms with Crippen molar-refractivity contribution in [3.8, 4) is 0 Å². The van der Waals surface area contributed by atoms with Gasteiger partial charge in [0.1, 0.15) is 0 Å². The van der Waals surface area contributed by atoms with Crippen molar-refractivity contribution < 1.29 is 5.11 Å². The van der Waals surface area contributed by atoms with E-state index in [0.29, 0.717) is 18.4 Å². The van der Waals surface area contributed by atoms with Crippen molar-refractivity contribution in [3.63, 3.8) is 0 Å². The zero-order valence-electron chi connectivity index (χ0n) is 10.8. The lowest BCUT2D eigenvalue weighted by atomic mass is 9.83. The Morgan fingerprint density at radius 2 is 2.21 bits per heavy atom. The van der Waals surface area contributed by atoms with Crippen LogP contribution in [0.15, 0.2) is 23.0 Å². The van der Waals surface area contributed by atoms with Crippen LogP contribution in [0.3, 0.4) is 0 Å². The van der Waals surface area contributed by atoms with Crippen LogP contribution in [0.2, 0.25) is 0 Å². The summed E-state index contributed by atoms with van der Waals surface area (Å²) in [4.78, 5) is 14.2. The molecule has 1 saturated heterocycles. The van der Waals surface area contributed by atoms with Crippen LogP contribution < -0.4 is 5.56 Å². The van der Waals surface area contributed by atoms with Gasteiger partial charge < -0.3 is 9.67 Å². The topological polar surface area (TPSA) is 45.5 Å². The first-order chi connectivity index (χ1) is 9.17. The highest BCUT2D eigenvalue weighted by Gasteiger charge is 2.34. The maximum absolute atomic E-state index is 11.9. The van der Waals surface area contributed by atoms with Crippen molar-refractivity contribution in [2.24, 2.45) is 5.92 Å². The molecule has 2 aliphatic rings. The molecule has 0 aliphatic carbocycles. The molecule has 1 aromatic rings. The molecule has 0 spiro atoms. The van der Waals surface area contributed by atoms with Gasteiger partial charge in [-0.2, -0.15) is 0 Å². The molecule has 2 aliphatic heterocycles. The third-order valence-electron chi connectivity index (χ3n) is 4.20. The van der Waals surface area contributed by atoms with Gasteiger partial charge in [0.05, 0.1) is 6.10 Å². The molecular formula is C14H19ClN2O2. The second-order valence-corrected chi connectivity index (χ2v) is 6.03. The van der Waals surface area contributed by atoms with E-state index in [1.165, 1.54) is 0 Å².